The molecule has 1 unspecified atom stereocenters. The van der Waals surface area contributed by atoms with Crippen LogP contribution in [0.15, 0.2) is 55.0 Å². The van der Waals surface area contributed by atoms with Crippen molar-refractivity contribution in [2.45, 2.75) is 25.3 Å². The molecule has 2 N–H and O–H groups in total. The summed E-state index contributed by atoms with van der Waals surface area (Å²) in [4.78, 5) is 19.4. The molecule has 0 saturated carbocycles. The Morgan fingerprint density at radius 1 is 1.17 bits per heavy atom. The minimum Gasteiger partial charge on any atom is -0.330 e. The lowest BCUT2D eigenvalue weighted by atomic mass is 9.94. The van der Waals surface area contributed by atoms with Gasteiger partial charge in [0.1, 0.15) is 0 Å². The van der Waals surface area contributed by atoms with Gasteiger partial charge in [0, 0.05) is 24.5 Å². The Bertz CT molecular complexity index is 1140. The van der Waals surface area contributed by atoms with Gasteiger partial charge in [-0.25, -0.2) is 8.42 Å². The summed E-state index contributed by atoms with van der Waals surface area (Å²) in [5.41, 5.74) is 3.41. The summed E-state index contributed by atoms with van der Waals surface area (Å²) in [6.45, 7) is 0.589. The van der Waals surface area contributed by atoms with Gasteiger partial charge in [-0.2, -0.15) is 5.10 Å². The maximum atomic E-state index is 13.5. The first-order valence-electron chi connectivity index (χ1n) is 9.75. The molecule has 1 aliphatic heterocycles. The number of benzene rings is 1. The maximum Gasteiger partial charge on any atom is 0.256 e. The lowest BCUT2D eigenvalue weighted by Crippen LogP contribution is -2.39. The standard InChI is InChI=1S/C21H23N5O3S/c1-30(28,29)25-18-7-3-2-6-16(18)21(27)26-13-5-4-8-19(26)20-17(14-23-24-20)15-9-11-22-12-10-15/h2-3,6-7,9-12,14,19,25H,4-5,8,13H2,1H3,(H,23,24). The molecule has 4 rings (SSSR count). The molecular weight excluding hydrogens is 402 g/mol. The van der Waals surface area contributed by atoms with Gasteiger partial charge in [0.2, 0.25) is 10.0 Å². The topological polar surface area (TPSA) is 108 Å². The van der Waals surface area contributed by atoms with Crippen LogP contribution in [-0.4, -0.2) is 47.2 Å². The highest BCUT2D eigenvalue weighted by Crippen LogP contribution is 2.37. The number of amides is 1. The zero-order valence-corrected chi connectivity index (χ0v) is 17.4. The van der Waals surface area contributed by atoms with Crippen LogP contribution in [0.25, 0.3) is 11.1 Å². The summed E-state index contributed by atoms with van der Waals surface area (Å²) in [5.74, 6) is -0.207. The Hall–Kier alpha value is -3.20. The smallest absolute Gasteiger partial charge is 0.256 e. The fourth-order valence-electron chi connectivity index (χ4n) is 3.90. The summed E-state index contributed by atoms with van der Waals surface area (Å²) in [7, 11) is -3.51. The second-order valence-electron chi connectivity index (χ2n) is 7.36. The molecule has 9 heteroatoms. The first-order valence-corrected chi connectivity index (χ1v) is 11.6. The van der Waals surface area contributed by atoms with E-state index in [4.69, 9.17) is 0 Å². The van der Waals surface area contributed by atoms with E-state index in [0.29, 0.717) is 12.1 Å². The number of anilines is 1. The molecule has 2 aromatic heterocycles. The first kappa shape index (κ1) is 20.1. The minimum atomic E-state index is -3.51. The molecule has 1 amide bonds. The van der Waals surface area contributed by atoms with Gasteiger partial charge < -0.3 is 4.90 Å². The van der Waals surface area contributed by atoms with Crippen LogP contribution in [0.5, 0.6) is 0 Å². The number of pyridine rings is 1. The number of para-hydroxylation sites is 1. The monoisotopic (exact) mass is 425 g/mol. The number of likely N-dealkylation sites (tertiary alicyclic amines) is 1. The normalized spacial score (nSPS) is 17.0. The fraction of sp³-hybridized carbons (Fsp3) is 0.286. The Kier molecular flexibility index (Phi) is 5.54. The van der Waals surface area contributed by atoms with E-state index in [1.54, 1.807) is 42.9 Å². The number of sulfonamides is 1. The number of nitrogens with zero attached hydrogens (tertiary/aromatic N) is 3. The molecule has 0 radical (unpaired) electrons. The Balaban J connectivity index is 1.70. The zero-order valence-electron chi connectivity index (χ0n) is 16.6. The number of hydrogen-bond acceptors (Lipinski definition) is 5. The highest BCUT2D eigenvalue weighted by atomic mass is 32.2. The third kappa shape index (κ3) is 4.20. The van der Waals surface area contributed by atoms with Crippen LogP contribution in [0.2, 0.25) is 0 Å². The van der Waals surface area contributed by atoms with Gasteiger partial charge in [0.05, 0.1) is 35.4 Å². The first-order chi connectivity index (χ1) is 14.4. The van der Waals surface area contributed by atoms with Crippen LogP contribution in [0.3, 0.4) is 0 Å². The molecule has 156 valence electrons. The summed E-state index contributed by atoms with van der Waals surface area (Å²) in [6, 6.07) is 10.3. The maximum absolute atomic E-state index is 13.5. The third-order valence-electron chi connectivity index (χ3n) is 5.21. The minimum absolute atomic E-state index is 0.178. The molecule has 1 aromatic carbocycles. The van der Waals surface area contributed by atoms with Gasteiger partial charge in [-0.1, -0.05) is 12.1 Å². The SMILES string of the molecule is CS(=O)(=O)Nc1ccccc1C(=O)N1CCCCC1c1[nH]ncc1-c1ccncc1. The van der Waals surface area contributed by atoms with Crippen molar-refractivity contribution in [3.8, 4) is 11.1 Å². The molecule has 1 aliphatic rings. The summed E-state index contributed by atoms with van der Waals surface area (Å²) < 4.78 is 26.0. The quantitative estimate of drug-likeness (QED) is 0.653. The molecule has 3 heterocycles. The van der Waals surface area contributed by atoms with Gasteiger partial charge in [0.15, 0.2) is 0 Å². The molecular formula is C21H23N5O3S. The van der Waals surface area contributed by atoms with Crippen LogP contribution in [0.1, 0.15) is 41.4 Å². The van der Waals surface area contributed by atoms with Crippen LogP contribution >= 0.6 is 0 Å². The molecule has 3 aromatic rings. The molecule has 8 nitrogen and oxygen atoms in total. The molecule has 30 heavy (non-hydrogen) atoms. The predicted octanol–water partition coefficient (Wildman–Crippen LogP) is 3.21. The number of aromatic nitrogens is 3. The van der Waals surface area contributed by atoms with Crippen molar-refractivity contribution in [3.05, 3.63) is 66.2 Å². The number of rotatable bonds is 5. The molecule has 1 saturated heterocycles. The van der Waals surface area contributed by atoms with Crippen LogP contribution in [0, 0.1) is 0 Å². The highest BCUT2D eigenvalue weighted by molar-refractivity contribution is 7.92. The van der Waals surface area contributed by atoms with Gasteiger partial charge in [0.25, 0.3) is 5.91 Å². The predicted molar refractivity (Wildman–Crippen MR) is 114 cm³/mol. The van der Waals surface area contributed by atoms with Gasteiger partial charge in [-0.3, -0.25) is 19.6 Å². The summed E-state index contributed by atoms with van der Waals surface area (Å²) in [5, 5.41) is 7.32. The van der Waals surface area contributed by atoms with Crippen molar-refractivity contribution in [3.63, 3.8) is 0 Å². The summed E-state index contributed by atoms with van der Waals surface area (Å²) >= 11 is 0. The number of nitrogens with one attached hydrogen (secondary N) is 2. The number of carbonyl (C=O) groups excluding carboxylic acids is 1. The molecule has 0 aliphatic carbocycles. The van der Waals surface area contributed by atoms with Crippen molar-refractivity contribution >= 4 is 21.6 Å². The van der Waals surface area contributed by atoms with Crippen molar-refractivity contribution in [2.24, 2.45) is 0 Å². The van der Waals surface area contributed by atoms with Gasteiger partial charge in [-0.15, -0.1) is 0 Å². The second kappa shape index (κ2) is 8.27. The van der Waals surface area contributed by atoms with E-state index in [1.165, 1.54) is 0 Å². The van der Waals surface area contributed by atoms with E-state index in [9.17, 15) is 13.2 Å². The van der Waals surface area contributed by atoms with E-state index in [-0.39, 0.29) is 17.6 Å². The average Bonchev–Trinajstić information content (AvgIpc) is 3.23. The van der Waals surface area contributed by atoms with Crippen LogP contribution in [0.4, 0.5) is 5.69 Å². The third-order valence-corrected chi connectivity index (χ3v) is 5.80. The number of H-pyrrole nitrogens is 1. The van der Waals surface area contributed by atoms with Gasteiger partial charge >= 0.3 is 0 Å². The second-order valence-corrected chi connectivity index (χ2v) is 9.11. The van der Waals surface area contributed by atoms with E-state index in [2.05, 4.69) is 19.9 Å². The Morgan fingerprint density at radius 3 is 2.70 bits per heavy atom. The molecule has 1 atom stereocenters. The van der Waals surface area contributed by atoms with E-state index in [1.807, 2.05) is 17.0 Å². The zero-order chi connectivity index (χ0) is 21.1. The van der Waals surface area contributed by atoms with Crippen LogP contribution in [-0.2, 0) is 10.0 Å². The number of aromatic amines is 1. The highest BCUT2D eigenvalue weighted by Gasteiger charge is 2.32. The lowest BCUT2D eigenvalue weighted by molar-refractivity contribution is 0.0608. The molecule has 1 fully saturated rings. The number of carbonyl (C=O) groups is 1. The van der Waals surface area contributed by atoms with Crippen LogP contribution < -0.4 is 4.72 Å². The van der Waals surface area contributed by atoms with Crippen molar-refractivity contribution in [1.82, 2.24) is 20.1 Å². The summed E-state index contributed by atoms with van der Waals surface area (Å²) in [6.07, 6.45) is 8.97. The van der Waals surface area contributed by atoms with E-state index in [0.717, 1.165) is 42.3 Å². The van der Waals surface area contributed by atoms with Gasteiger partial charge in [-0.05, 0) is 49.1 Å². The van der Waals surface area contributed by atoms with Crippen molar-refractivity contribution < 1.29 is 13.2 Å². The van der Waals surface area contributed by atoms with Crippen molar-refractivity contribution in [1.29, 1.82) is 0 Å². The molecule has 0 bridgehead atoms. The van der Waals surface area contributed by atoms with E-state index >= 15 is 0 Å². The Labute approximate surface area is 175 Å². The Morgan fingerprint density at radius 2 is 1.93 bits per heavy atom. The molecule has 0 spiro atoms. The number of hydrogen-bond donors (Lipinski definition) is 2. The average molecular weight is 426 g/mol. The fourth-order valence-corrected chi connectivity index (χ4v) is 4.48. The number of piperidine rings is 1. The van der Waals surface area contributed by atoms with Crippen molar-refractivity contribution in [2.75, 3.05) is 17.5 Å². The lowest BCUT2D eigenvalue weighted by Gasteiger charge is -2.36. The largest absolute Gasteiger partial charge is 0.330 e. The van der Waals surface area contributed by atoms with E-state index < -0.39 is 10.0 Å².